The van der Waals surface area contributed by atoms with Crippen LogP contribution in [0.25, 0.3) is 5.69 Å². The summed E-state index contributed by atoms with van der Waals surface area (Å²) in [7, 11) is -13.3. The normalized spacial score (nSPS) is 12.7. The first-order valence-corrected chi connectivity index (χ1v) is 14.1. The fourth-order valence-electron chi connectivity index (χ4n) is 2.81. The van der Waals surface area contributed by atoms with E-state index < -0.39 is 70.5 Å². The highest BCUT2D eigenvalue weighted by atomic mass is 32.3. The molecule has 4 N–H and O–H groups in total. The highest BCUT2D eigenvalue weighted by Gasteiger charge is 2.21. The molecule has 0 aliphatic rings. The number of benzene rings is 2. The molecule has 0 aliphatic heterocycles. The van der Waals surface area contributed by atoms with E-state index >= 15 is 0 Å². The lowest BCUT2D eigenvalue weighted by Gasteiger charge is -2.04. The minimum atomic E-state index is -4.80. The van der Waals surface area contributed by atoms with Gasteiger partial charge in [-0.05, 0) is 48.5 Å². The minimum absolute atomic E-state index is 0.0221. The van der Waals surface area contributed by atoms with Gasteiger partial charge < -0.3 is 5.11 Å². The van der Waals surface area contributed by atoms with Crippen LogP contribution in [0, 0.1) is 0 Å². The number of sulfone groups is 1. The van der Waals surface area contributed by atoms with Crippen LogP contribution in [0.5, 0.6) is 0 Å². The van der Waals surface area contributed by atoms with Gasteiger partial charge in [0, 0.05) is 0 Å². The lowest BCUT2D eigenvalue weighted by molar-refractivity contribution is 0.0690. The van der Waals surface area contributed by atoms with Crippen LogP contribution in [0.15, 0.2) is 73.3 Å². The number of aromatic nitrogens is 2. The van der Waals surface area contributed by atoms with Crippen molar-refractivity contribution in [2.45, 2.75) is 9.79 Å². The summed E-state index contributed by atoms with van der Waals surface area (Å²) >= 11 is 0. The quantitative estimate of drug-likeness (QED) is 0.196. The zero-order valence-corrected chi connectivity index (χ0v) is 20.6. The van der Waals surface area contributed by atoms with Crippen LogP contribution in [0.1, 0.15) is 10.5 Å². The van der Waals surface area contributed by atoms with Crippen molar-refractivity contribution in [2.75, 3.05) is 12.4 Å². The van der Waals surface area contributed by atoms with Gasteiger partial charge in [0.15, 0.2) is 21.2 Å². The minimum Gasteiger partial charge on any atom is -0.476 e. The molecule has 0 spiro atoms. The summed E-state index contributed by atoms with van der Waals surface area (Å²) in [6.07, 6.45) is 0. The van der Waals surface area contributed by atoms with Gasteiger partial charge in [0.2, 0.25) is 0 Å². The monoisotopic (exact) mass is 576 g/mol. The van der Waals surface area contributed by atoms with Crippen molar-refractivity contribution in [3.8, 4) is 5.69 Å². The first-order valence-electron chi connectivity index (χ1n) is 9.61. The molecule has 3 aromatic rings. The molecule has 0 bridgehead atoms. The van der Waals surface area contributed by atoms with Gasteiger partial charge in [0.25, 0.3) is 15.7 Å². The third-order valence-corrected chi connectivity index (χ3v) is 7.55. The zero-order valence-electron chi connectivity index (χ0n) is 18.1. The van der Waals surface area contributed by atoms with Gasteiger partial charge in [-0.25, -0.2) is 22.1 Å². The molecular weight excluding hydrogens is 560 g/mol. The molecule has 1 heterocycles. The maximum Gasteiger partial charge on any atom is 0.397 e. The van der Waals surface area contributed by atoms with Crippen molar-refractivity contribution in [2.24, 2.45) is 10.2 Å². The molecule has 0 unspecified atom stereocenters. The highest BCUT2D eigenvalue weighted by Crippen LogP contribution is 2.22. The van der Waals surface area contributed by atoms with Crippen molar-refractivity contribution < 1.29 is 48.4 Å². The van der Waals surface area contributed by atoms with Gasteiger partial charge in [0.1, 0.15) is 0 Å². The van der Waals surface area contributed by atoms with E-state index in [-0.39, 0.29) is 16.3 Å². The summed E-state index contributed by atoms with van der Waals surface area (Å²) in [6, 6.07) is 8.80. The van der Waals surface area contributed by atoms with E-state index in [0.717, 1.165) is 41.1 Å². The summed E-state index contributed by atoms with van der Waals surface area (Å²) < 4.78 is 90.1. The van der Waals surface area contributed by atoms with Gasteiger partial charge in [-0.1, -0.05) is 0 Å². The third-order valence-electron chi connectivity index (χ3n) is 4.52. The molecule has 0 atom stereocenters. The second kappa shape index (κ2) is 10.3. The van der Waals surface area contributed by atoms with E-state index in [9.17, 15) is 39.9 Å². The maximum absolute atomic E-state index is 12.7. The Balaban J connectivity index is 1.87. The standard InChI is InChI=1S/C18H16N4O12S3/c23-17-15(16(18(24)25)21-22(17)12-3-7-14(8-4-12)36(28,29)30)20-19-11-1-5-13(6-2-11)35(26,27)10-9-34-37(31,32)33/h1-8,21H,9-10H2,(H,24,25)(H,28,29,30)(H,31,32,33). The predicted molar refractivity (Wildman–Crippen MR) is 123 cm³/mol. The number of rotatable bonds is 10. The third kappa shape index (κ3) is 6.93. The average molecular weight is 577 g/mol. The van der Waals surface area contributed by atoms with Crippen LogP contribution in [0.3, 0.4) is 0 Å². The molecule has 0 radical (unpaired) electrons. The molecule has 0 saturated heterocycles. The van der Waals surface area contributed by atoms with Crippen molar-refractivity contribution in [1.29, 1.82) is 0 Å². The van der Waals surface area contributed by atoms with E-state index in [1.54, 1.807) is 0 Å². The Kier molecular flexibility index (Phi) is 7.76. The molecule has 2 aromatic carbocycles. The summed E-state index contributed by atoms with van der Waals surface area (Å²) in [4.78, 5) is 23.6. The number of H-pyrrole nitrogens is 1. The first kappa shape index (κ1) is 27.8. The van der Waals surface area contributed by atoms with Gasteiger partial charge >= 0.3 is 16.4 Å². The molecule has 1 aromatic heterocycles. The van der Waals surface area contributed by atoms with Crippen LogP contribution in [-0.4, -0.2) is 67.6 Å². The fraction of sp³-hybridized carbons (Fsp3) is 0.111. The number of carbonyl (C=O) groups is 1. The number of nitrogens with one attached hydrogen (secondary N) is 1. The molecule has 0 amide bonds. The van der Waals surface area contributed by atoms with Gasteiger partial charge in [0.05, 0.1) is 33.5 Å². The van der Waals surface area contributed by atoms with Crippen molar-refractivity contribution in [1.82, 2.24) is 9.78 Å². The molecule has 3 rings (SSSR count). The molecular formula is C18H16N4O12S3. The van der Waals surface area contributed by atoms with Gasteiger partial charge in [-0.3, -0.25) is 19.0 Å². The Morgan fingerprint density at radius 3 is 1.97 bits per heavy atom. The number of aromatic amines is 1. The number of carboxylic acid groups (broad SMARTS) is 1. The van der Waals surface area contributed by atoms with Crippen LogP contribution in [-0.2, 0) is 34.5 Å². The number of aromatic carboxylic acids is 1. The molecule has 0 aliphatic carbocycles. The second-order valence-corrected chi connectivity index (χ2v) is 11.6. The van der Waals surface area contributed by atoms with Crippen LogP contribution in [0.4, 0.5) is 11.4 Å². The number of carboxylic acids is 1. The first-order chi connectivity index (χ1) is 17.1. The van der Waals surface area contributed by atoms with E-state index in [1.165, 1.54) is 12.1 Å². The fourth-order valence-corrected chi connectivity index (χ4v) is 4.78. The van der Waals surface area contributed by atoms with Crippen LogP contribution >= 0.6 is 0 Å². The summed E-state index contributed by atoms with van der Waals surface area (Å²) in [6.45, 7) is -0.821. The molecule has 19 heteroatoms. The van der Waals surface area contributed by atoms with E-state index in [1.807, 2.05) is 0 Å². The summed E-state index contributed by atoms with van der Waals surface area (Å²) in [5.74, 6) is -2.32. The zero-order chi connectivity index (χ0) is 27.6. The van der Waals surface area contributed by atoms with Crippen LogP contribution in [0.2, 0.25) is 0 Å². The Morgan fingerprint density at radius 2 is 1.46 bits per heavy atom. The van der Waals surface area contributed by atoms with Crippen molar-refractivity contribution in [3.63, 3.8) is 0 Å². The van der Waals surface area contributed by atoms with Gasteiger partial charge in [-0.2, -0.15) is 21.9 Å². The topological polar surface area (TPSA) is 252 Å². The molecule has 0 fully saturated rings. The smallest absolute Gasteiger partial charge is 0.397 e. The Labute approximate surface area is 208 Å². The van der Waals surface area contributed by atoms with Crippen molar-refractivity contribution >= 4 is 47.7 Å². The Hall–Kier alpha value is -3.75. The number of hydrogen-bond acceptors (Lipinski definition) is 11. The molecule has 198 valence electrons. The average Bonchev–Trinajstić information content (AvgIpc) is 3.13. The van der Waals surface area contributed by atoms with Crippen molar-refractivity contribution in [3.05, 3.63) is 64.6 Å². The SMILES string of the molecule is O=C(O)c1[nH]n(-c2ccc(S(=O)(=O)O)cc2)c(=O)c1N=Nc1ccc(S(=O)(=O)CCOS(=O)(=O)O)cc1. The maximum atomic E-state index is 12.7. The lowest BCUT2D eigenvalue weighted by atomic mass is 10.3. The Bertz CT molecular complexity index is 1740. The number of azo groups is 1. The number of nitrogens with zero attached hydrogens (tertiary/aromatic N) is 3. The lowest BCUT2D eigenvalue weighted by Crippen LogP contribution is -2.15. The summed E-state index contributed by atoms with van der Waals surface area (Å²) in [5, 5.41) is 19.1. The van der Waals surface area contributed by atoms with E-state index in [0.29, 0.717) is 0 Å². The molecule has 37 heavy (non-hydrogen) atoms. The highest BCUT2D eigenvalue weighted by molar-refractivity contribution is 7.91. The molecule has 0 saturated carbocycles. The summed E-state index contributed by atoms with van der Waals surface area (Å²) in [5.41, 5.74) is -2.18. The van der Waals surface area contributed by atoms with E-state index in [2.05, 4.69) is 19.5 Å². The van der Waals surface area contributed by atoms with E-state index in [4.69, 9.17) is 9.11 Å². The largest absolute Gasteiger partial charge is 0.476 e. The van der Waals surface area contributed by atoms with Crippen LogP contribution < -0.4 is 5.56 Å². The predicted octanol–water partition coefficient (Wildman–Crippen LogP) is 1.12. The second-order valence-electron chi connectivity index (χ2n) is 7.01. The number of hydrogen-bond donors (Lipinski definition) is 4. The Morgan fingerprint density at radius 1 is 0.892 bits per heavy atom. The van der Waals surface area contributed by atoms with Gasteiger partial charge in [-0.15, -0.1) is 5.11 Å². The molecule has 16 nitrogen and oxygen atoms in total.